The second-order valence-electron chi connectivity index (χ2n) is 3.55. The Morgan fingerprint density at radius 1 is 1.60 bits per heavy atom. The number of thioether (sulfide) groups is 1. The molecule has 0 saturated carbocycles. The van der Waals surface area contributed by atoms with Gasteiger partial charge in [-0.05, 0) is 7.05 Å². The average molecular weight is 232 g/mol. The van der Waals surface area contributed by atoms with Crippen LogP contribution in [0.15, 0.2) is 0 Å². The molecule has 2 N–H and O–H groups in total. The average Bonchev–Trinajstić information content (AvgIpc) is 2.47. The third kappa shape index (κ3) is 2.85. The Morgan fingerprint density at radius 2 is 2.27 bits per heavy atom. The molecule has 0 radical (unpaired) electrons. The summed E-state index contributed by atoms with van der Waals surface area (Å²) in [6, 6.07) is 0. The molecule has 0 aromatic rings. The summed E-state index contributed by atoms with van der Waals surface area (Å²) in [6.07, 6.45) is -0.408. The zero-order chi connectivity index (χ0) is 11.5. The van der Waals surface area contributed by atoms with Crippen LogP contribution < -0.4 is 5.32 Å². The predicted octanol–water partition coefficient (Wildman–Crippen LogP) is 0.956. The van der Waals surface area contributed by atoms with Gasteiger partial charge < -0.3 is 5.11 Å². The Labute approximate surface area is 93.2 Å². The van der Waals surface area contributed by atoms with Gasteiger partial charge in [0.05, 0.1) is 6.42 Å². The van der Waals surface area contributed by atoms with Crippen molar-refractivity contribution < 1.29 is 14.7 Å². The van der Waals surface area contributed by atoms with Crippen molar-refractivity contribution in [3.8, 4) is 0 Å². The van der Waals surface area contributed by atoms with Gasteiger partial charge in [0, 0.05) is 18.7 Å². The Balaban J connectivity index is 2.76. The molecule has 1 aliphatic heterocycles. The van der Waals surface area contributed by atoms with E-state index in [2.05, 4.69) is 5.32 Å². The maximum atomic E-state index is 11.4. The van der Waals surface area contributed by atoms with Crippen LogP contribution >= 0.6 is 11.8 Å². The lowest BCUT2D eigenvalue weighted by Crippen LogP contribution is -2.54. The van der Waals surface area contributed by atoms with Crippen LogP contribution in [0.4, 0.5) is 4.79 Å². The zero-order valence-electron chi connectivity index (χ0n) is 8.95. The molecule has 6 heteroatoms. The molecule has 0 spiro atoms. The molecule has 86 valence electrons. The maximum Gasteiger partial charge on any atom is 0.406 e. The van der Waals surface area contributed by atoms with Crippen LogP contribution in [-0.2, 0) is 4.79 Å². The van der Waals surface area contributed by atoms with E-state index in [0.29, 0.717) is 6.42 Å². The number of rotatable bonds is 4. The first-order chi connectivity index (χ1) is 7.00. The summed E-state index contributed by atoms with van der Waals surface area (Å²) >= 11 is 1.48. The second-order valence-corrected chi connectivity index (χ2v) is 4.93. The van der Waals surface area contributed by atoms with Crippen LogP contribution in [0.5, 0.6) is 0 Å². The molecular formula is C9H16N2O3S. The number of carboxylic acid groups (broad SMARTS) is 1. The van der Waals surface area contributed by atoms with Crippen molar-refractivity contribution >= 4 is 23.6 Å². The van der Waals surface area contributed by atoms with E-state index < -0.39 is 11.1 Å². The van der Waals surface area contributed by atoms with Gasteiger partial charge in [-0.3, -0.25) is 15.0 Å². The largest absolute Gasteiger partial charge is 0.465 e. The number of Topliss-reactive ketones (excluding diaryl/α,β-unsaturated/α-hetero) is 1. The van der Waals surface area contributed by atoms with Gasteiger partial charge in [0.2, 0.25) is 0 Å². The third-order valence-corrected chi connectivity index (χ3v) is 3.94. The first kappa shape index (κ1) is 12.3. The van der Waals surface area contributed by atoms with Crippen molar-refractivity contribution in [2.45, 2.75) is 24.8 Å². The summed E-state index contributed by atoms with van der Waals surface area (Å²) in [7, 11) is 1.83. The van der Waals surface area contributed by atoms with Crippen molar-refractivity contribution in [2.75, 3.05) is 19.3 Å². The lowest BCUT2D eigenvalue weighted by molar-refractivity contribution is -0.120. The fraction of sp³-hybridized carbons (Fsp3) is 0.778. The highest BCUT2D eigenvalue weighted by molar-refractivity contribution is 8.00. The summed E-state index contributed by atoms with van der Waals surface area (Å²) in [5, 5.41) is 11.2. The number of amides is 1. The van der Waals surface area contributed by atoms with Gasteiger partial charge in [0.15, 0.2) is 4.99 Å². The minimum absolute atomic E-state index is 0.0741. The summed E-state index contributed by atoms with van der Waals surface area (Å²) < 4.78 is 0. The molecule has 1 heterocycles. The molecule has 1 atom stereocenters. The molecule has 0 aromatic heterocycles. The molecule has 1 fully saturated rings. The summed E-state index contributed by atoms with van der Waals surface area (Å²) in [6.45, 7) is 2.58. The van der Waals surface area contributed by atoms with Crippen LogP contribution in [0.2, 0.25) is 0 Å². The zero-order valence-corrected chi connectivity index (χ0v) is 9.76. The summed E-state index contributed by atoms with van der Waals surface area (Å²) in [5.41, 5.74) is 0. The molecule has 0 bridgehead atoms. The fourth-order valence-electron chi connectivity index (χ4n) is 1.56. The predicted molar refractivity (Wildman–Crippen MR) is 58.9 cm³/mol. The third-order valence-electron chi connectivity index (χ3n) is 2.52. The Morgan fingerprint density at radius 3 is 2.67 bits per heavy atom. The molecule has 1 unspecified atom stereocenters. The molecular weight excluding hydrogens is 216 g/mol. The molecule has 1 aliphatic rings. The van der Waals surface area contributed by atoms with E-state index in [0.717, 1.165) is 12.3 Å². The van der Waals surface area contributed by atoms with E-state index >= 15 is 0 Å². The molecule has 1 amide bonds. The topological polar surface area (TPSA) is 69.6 Å². The van der Waals surface area contributed by atoms with Gasteiger partial charge in [-0.25, -0.2) is 4.79 Å². The molecule has 1 rings (SSSR count). The smallest absolute Gasteiger partial charge is 0.406 e. The van der Waals surface area contributed by atoms with Crippen molar-refractivity contribution in [3.63, 3.8) is 0 Å². The Hall–Kier alpha value is -0.750. The normalized spacial score (nSPS) is 26.5. The second kappa shape index (κ2) is 4.85. The van der Waals surface area contributed by atoms with Gasteiger partial charge in [-0.2, -0.15) is 0 Å². The number of carbonyl (C=O) groups is 2. The number of hydrogen-bond acceptors (Lipinski definition) is 4. The molecule has 0 aromatic carbocycles. The highest BCUT2D eigenvalue weighted by Gasteiger charge is 2.42. The fourth-order valence-corrected chi connectivity index (χ4v) is 3.00. The lowest BCUT2D eigenvalue weighted by atomic mass is 10.1. The van der Waals surface area contributed by atoms with E-state index in [1.807, 2.05) is 11.9 Å². The van der Waals surface area contributed by atoms with Crippen molar-refractivity contribution in [1.29, 1.82) is 0 Å². The number of hydrogen-bond donors (Lipinski definition) is 2. The van der Waals surface area contributed by atoms with Crippen molar-refractivity contribution in [2.24, 2.45) is 0 Å². The van der Waals surface area contributed by atoms with Crippen LogP contribution in [0, 0.1) is 0 Å². The van der Waals surface area contributed by atoms with E-state index in [4.69, 9.17) is 5.11 Å². The van der Waals surface area contributed by atoms with Crippen LogP contribution in [-0.4, -0.2) is 46.2 Å². The first-order valence-electron chi connectivity index (χ1n) is 4.88. The van der Waals surface area contributed by atoms with Crippen LogP contribution in [0.1, 0.15) is 19.8 Å². The highest BCUT2D eigenvalue weighted by Crippen LogP contribution is 2.35. The minimum atomic E-state index is -1.08. The van der Waals surface area contributed by atoms with Crippen molar-refractivity contribution in [3.05, 3.63) is 0 Å². The highest BCUT2D eigenvalue weighted by atomic mass is 32.2. The minimum Gasteiger partial charge on any atom is -0.465 e. The van der Waals surface area contributed by atoms with Gasteiger partial charge in [0.1, 0.15) is 5.78 Å². The van der Waals surface area contributed by atoms with Gasteiger partial charge >= 0.3 is 6.09 Å². The number of nitrogens with one attached hydrogen (secondary N) is 1. The standard InChI is InChI=1S/C9H16N2O3S/c1-3-7(12)6-9(10-8(13)14)11(2)4-5-15-9/h10H,3-6H2,1-2H3,(H,13,14). The maximum absolute atomic E-state index is 11.4. The lowest BCUT2D eigenvalue weighted by Gasteiger charge is -2.34. The summed E-state index contributed by atoms with van der Waals surface area (Å²) in [4.78, 5) is 23.3. The Kier molecular flexibility index (Phi) is 3.98. The van der Waals surface area contributed by atoms with E-state index in [-0.39, 0.29) is 12.2 Å². The molecule has 0 aliphatic carbocycles. The monoisotopic (exact) mass is 232 g/mol. The molecule has 5 nitrogen and oxygen atoms in total. The summed E-state index contributed by atoms with van der Waals surface area (Å²) in [5.74, 6) is 0.915. The van der Waals surface area contributed by atoms with Crippen LogP contribution in [0.3, 0.4) is 0 Å². The van der Waals surface area contributed by atoms with Gasteiger partial charge in [0.25, 0.3) is 0 Å². The molecule has 15 heavy (non-hydrogen) atoms. The quantitative estimate of drug-likeness (QED) is 0.755. The number of ketones is 1. The van der Waals surface area contributed by atoms with E-state index in [1.165, 1.54) is 11.8 Å². The van der Waals surface area contributed by atoms with Crippen LogP contribution in [0.25, 0.3) is 0 Å². The SMILES string of the molecule is CCC(=O)CC1(NC(=O)O)SCCN1C. The Bertz CT molecular complexity index is 272. The number of nitrogens with zero attached hydrogens (tertiary/aromatic N) is 1. The van der Waals surface area contributed by atoms with E-state index in [9.17, 15) is 9.59 Å². The van der Waals surface area contributed by atoms with E-state index in [1.54, 1.807) is 6.92 Å². The van der Waals surface area contributed by atoms with Crippen molar-refractivity contribution in [1.82, 2.24) is 10.2 Å². The van der Waals surface area contributed by atoms with Gasteiger partial charge in [-0.15, -0.1) is 11.8 Å². The molecule has 1 saturated heterocycles. The van der Waals surface area contributed by atoms with Gasteiger partial charge in [-0.1, -0.05) is 6.92 Å². The number of carbonyl (C=O) groups excluding carboxylic acids is 1. The first-order valence-corrected chi connectivity index (χ1v) is 5.87.